The van der Waals surface area contributed by atoms with E-state index in [0.717, 1.165) is 39.5 Å². The van der Waals surface area contributed by atoms with Gasteiger partial charge in [0.2, 0.25) is 0 Å². The molecule has 0 spiro atoms. The Morgan fingerprint density at radius 2 is 1.33 bits per heavy atom. The summed E-state index contributed by atoms with van der Waals surface area (Å²) < 4.78 is 10.9. The molecular weight excluding hydrogens is 592 g/mol. The van der Waals surface area contributed by atoms with Crippen LogP contribution in [0.3, 0.4) is 0 Å². The number of ether oxygens (including phenoxy) is 2. The molecule has 4 heteroatoms. The van der Waals surface area contributed by atoms with E-state index in [4.69, 9.17) is 9.47 Å². The molecule has 0 fully saturated rings. The average Bonchev–Trinajstić information content (AvgIpc) is 3.36. The minimum Gasteiger partial charge on any atom is -0.463 e. The highest BCUT2D eigenvalue weighted by atomic mass is 16.5. The van der Waals surface area contributed by atoms with E-state index in [2.05, 4.69) is 107 Å². The first kappa shape index (κ1) is 31.1. The molecule has 6 aromatic rings. The van der Waals surface area contributed by atoms with E-state index in [1.165, 1.54) is 44.0 Å². The number of hydrogen-bond donors (Lipinski definition) is 0. The Hall–Kier alpha value is -5.48. The first-order chi connectivity index (χ1) is 23.1. The monoisotopic (exact) mass is 630 g/mol. The van der Waals surface area contributed by atoms with Crippen molar-refractivity contribution in [2.45, 2.75) is 44.4 Å². The first-order valence-corrected chi connectivity index (χ1v) is 16.4. The zero-order valence-corrected chi connectivity index (χ0v) is 27.7. The minimum atomic E-state index is -0.606. The molecule has 0 amide bonds. The summed E-state index contributed by atoms with van der Waals surface area (Å²) in [5.41, 5.74) is 7.32. The number of esters is 2. The van der Waals surface area contributed by atoms with Gasteiger partial charge >= 0.3 is 11.9 Å². The van der Waals surface area contributed by atoms with E-state index in [-0.39, 0.29) is 12.0 Å². The standard InChI is InChI=1S/C44H38O4/c1-7-39(45)47-22-10-21-44(9-3)37-25-28(14-18-34(37)35-20-16-32(26-38(35)44)48-40(46)8-2)33-17-13-27-11-12-29-23-31(43(4,5)6)24-30-15-19-36(33)42(27)41(29)30/h7-9,11-20,23-26H,1-3,10,21-22H2,4-6H3. The fourth-order valence-electron chi connectivity index (χ4n) is 7.49. The Bertz CT molecular complexity index is 2280. The predicted molar refractivity (Wildman–Crippen MR) is 197 cm³/mol. The van der Waals surface area contributed by atoms with Crippen LogP contribution in [-0.4, -0.2) is 18.5 Å². The molecule has 0 bridgehead atoms. The molecule has 7 rings (SSSR count). The summed E-state index contributed by atoms with van der Waals surface area (Å²) in [5, 5.41) is 7.52. The van der Waals surface area contributed by atoms with E-state index in [1.807, 2.05) is 24.3 Å². The van der Waals surface area contributed by atoms with Gasteiger partial charge in [-0.1, -0.05) is 107 Å². The number of hydrogen-bond acceptors (Lipinski definition) is 4. The quantitative estimate of drug-likeness (QED) is 0.0398. The minimum absolute atomic E-state index is 0.0522. The smallest absolute Gasteiger partial charge is 0.335 e. The van der Waals surface area contributed by atoms with Crippen molar-refractivity contribution >= 4 is 44.3 Å². The van der Waals surface area contributed by atoms with Crippen molar-refractivity contribution in [1.29, 1.82) is 0 Å². The van der Waals surface area contributed by atoms with Crippen LogP contribution in [0.4, 0.5) is 0 Å². The SMILES string of the molecule is C=CC(=O)OCCCC1(C=C)c2cc(OC(=O)C=C)ccc2-c2ccc(-c3ccc4ccc5cc(C(C)(C)C)cc6ccc3c4c56)cc21. The molecule has 0 aromatic heterocycles. The highest BCUT2D eigenvalue weighted by Gasteiger charge is 2.41. The summed E-state index contributed by atoms with van der Waals surface area (Å²) in [7, 11) is 0. The molecule has 238 valence electrons. The van der Waals surface area contributed by atoms with Crippen LogP contribution < -0.4 is 4.74 Å². The van der Waals surface area contributed by atoms with Crippen molar-refractivity contribution in [2.75, 3.05) is 6.61 Å². The molecule has 6 aromatic carbocycles. The third-order valence-corrected chi connectivity index (χ3v) is 9.90. The summed E-state index contributed by atoms with van der Waals surface area (Å²) in [6, 6.07) is 30.6. The molecule has 4 nitrogen and oxygen atoms in total. The molecule has 1 unspecified atom stereocenters. The van der Waals surface area contributed by atoms with Gasteiger partial charge in [-0.05, 0) is 108 Å². The Kier molecular flexibility index (Phi) is 7.55. The number of carbonyl (C=O) groups is 2. The average molecular weight is 631 g/mol. The van der Waals surface area contributed by atoms with Crippen LogP contribution in [0, 0.1) is 0 Å². The molecule has 0 saturated heterocycles. The zero-order chi connectivity index (χ0) is 33.8. The molecule has 1 atom stereocenters. The van der Waals surface area contributed by atoms with Crippen molar-refractivity contribution in [3.63, 3.8) is 0 Å². The van der Waals surface area contributed by atoms with Gasteiger partial charge in [0.1, 0.15) is 5.75 Å². The lowest BCUT2D eigenvalue weighted by atomic mass is 9.74. The zero-order valence-electron chi connectivity index (χ0n) is 27.7. The van der Waals surface area contributed by atoms with Gasteiger partial charge in [-0.25, -0.2) is 9.59 Å². The highest BCUT2D eigenvalue weighted by molar-refractivity contribution is 6.25. The van der Waals surface area contributed by atoms with Crippen molar-refractivity contribution in [2.24, 2.45) is 0 Å². The lowest BCUT2D eigenvalue weighted by Crippen LogP contribution is -2.23. The summed E-state index contributed by atoms with van der Waals surface area (Å²) in [6.45, 7) is 18.4. The predicted octanol–water partition coefficient (Wildman–Crippen LogP) is 10.6. The number of rotatable bonds is 9. The number of allylic oxidation sites excluding steroid dienone is 1. The molecule has 0 heterocycles. The maximum atomic E-state index is 12.1. The summed E-state index contributed by atoms with van der Waals surface area (Å²) in [4.78, 5) is 23.9. The van der Waals surface area contributed by atoms with Crippen LogP contribution in [0.15, 0.2) is 123 Å². The van der Waals surface area contributed by atoms with Crippen LogP contribution in [-0.2, 0) is 25.2 Å². The van der Waals surface area contributed by atoms with Crippen LogP contribution in [0.25, 0.3) is 54.6 Å². The molecule has 1 aliphatic carbocycles. The maximum absolute atomic E-state index is 12.1. The molecule has 0 radical (unpaired) electrons. The van der Waals surface area contributed by atoms with Gasteiger partial charge in [0.05, 0.1) is 6.61 Å². The highest BCUT2D eigenvalue weighted by Crippen LogP contribution is 2.54. The molecular formula is C44H38O4. The molecule has 48 heavy (non-hydrogen) atoms. The Morgan fingerprint density at radius 3 is 2.02 bits per heavy atom. The van der Waals surface area contributed by atoms with Crippen LogP contribution in [0.2, 0.25) is 0 Å². The van der Waals surface area contributed by atoms with Crippen LogP contribution in [0.5, 0.6) is 5.75 Å². The topological polar surface area (TPSA) is 52.6 Å². The molecule has 0 aliphatic heterocycles. The number of carbonyl (C=O) groups excluding carboxylic acids is 2. The lowest BCUT2D eigenvalue weighted by molar-refractivity contribution is -0.137. The summed E-state index contributed by atoms with van der Waals surface area (Å²) in [6.07, 6.45) is 5.55. The van der Waals surface area contributed by atoms with Gasteiger partial charge in [0.15, 0.2) is 0 Å². The number of fused-ring (bicyclic) bond motifs is 3. The van der Waals surface area contributed by atoms with Crippen molar-refractivity contribution < 1.29 is 19.1 Å². The van der Waals surface area contributed by atoms with Gasteiger partial charge in [-0.3, -0.25) is 0 Å². The number of benzene rings is 6. The maximum Gasteiger partial charge on any atom is 0.335 e. The normalized spacial score (nSPS) is 15.3. The van der Waals surface area contributed by atoms with Gasteiger partial charge in [-0.2, -0.15) is 0 Å². The van der Waals surface area contributed by atoms with Crippen LogP contribution in [0.1, 0.15) is 50.3 Å². The van der Waals surface area contributed by atoms with E-state index < -0.39 is 17.4 Å². The second-order valence-electron chi connectivity index (χ2n) is 13.7. The lowest BCUT2D eigenvalue weighted by Gasteiger charge is -2.29. The van der Waals surface area contributed by atoms with Crippen molar-refractivity contribution in [3.8, 4) is 28.0 Å². The Morgan fingerprint density at radius 1 is 0.708 bits per heavy atom. The van der Waals surface area contributed by atoms with Crippen LogP contribution >= 0.6 is 0 Å². The van der Waals surface area contributed by atoms with E-state index >= 15 is 0 Å². The Balaban J connectivity index is 1.38. The molecule has 0 saturated carbocycles. The fraction of sp³-hybridized carbons (Fsp3) is 0.182. The van der Waals surface area contributed by atoms with Gasteiger partial charge in [-0.15, -0.1) is 6.58 Å². The third-order valence-electron chi connectivity index (χ3n) is 9.90. The molecule has 0 N–H and O–H groups in total. The van der Waals surface area contributed by atoms with Gasteiger partial charge in [0, 0.05) is 17.6 Å². The summed E-state index contributed by atoms with van der Waals surface area (Å²) in [5.74, 6) is -0.520. The Labute approximate surface area is 281 Å². The van der Waals surface area contributed by atoms with E-state index in [1.54, 1.807) is 0 Å². The van der Waals surface area contributed by atoms with Gasteiger partial charge < -0.3 is 9.47 Å². The largest absolute Gasteiger partial charge is 0.463 e. The summed E-state index contributed by atoms with van der Waals surface area (Å²) >= 11 is 0. The second-order valence-corrected chi connectivity index (χ2v) is 13.7. The third kappa shape index (κ3) is 5.00. The molecule has 1 aliphatic rings. The van der Waals surface area contributed by atoms with Gasteiger partial charge in [0.25, 0.3) is 0 Å². The fourth-order valence-corrected chi connectivity index (χ4v) is 7.49. The second kappa shape index (κ2) is 11.6. The van der Waals surface area contributed by atoms with E-state index in [0.29, 0.717) is 18.6 Å². The van der Waals surface area contributed by atoms with Crippen molar-refractivity contribution in [1.82, 2.24) is 0 Å². The van der Waals surface area contributed by atoms with Crippen molar-refractivity contribution in [3.05, 3.63) is 140 Å². The van der Waals surface area contributed by atoms with E-state index in [9.17, 15) is 9.59 Å². The first-order valence-electron chi connectivity index (χ1n) is 16.4.